The summed E-state index contributed by atoms with van der Waals surface area (Å²) in [6, 6.07) is 11.9. The van der Waals surface area contributed by atoms with Gasteiger partial charge in [-0.05, 0) is 61.4 Å². The molecule has 3 N–H and O–H groups in total. The van der Waals surface area contributed by atoms with Crippen molar-refractivity contribution < 1.29 is 14.4 Å². The van der Waals surface area contributed by atoms with Crippen molar-refractivity contribution in [3.63, 3.8) is 0 Å². The van der Waals surface area contributed by atoms with Crippen molar-refractivity contribution in [2.75, 3.05) is 13.7 Å². The zero-order chi connectivity index (χ0) is 21.8. The average molecular weight is 418 g/mol. The number of nitrogens with two attached hydrogens (primary N) is 1. The molecule has 3 aromatic rings. The van der Waals surface area contributed by atoms with Crippen LogP contribution in [-0.4, -0.2) is 34.9 Å². The Morgan fingerprint density at radius 1 is 1.26 bits per heavy atom. The monoisotopic (exact) mass is 418 g/mol. The molecule has 4 rings (SSSR count). The smallest absolute Gasteiger partial charge is 0.229 e. The van der Waals surface area contributed by atoms with Crippen LogP contribution >= 0.6 is 0 Å². The number of aliphatic imine (C=N–C) groups is 1. The second-order valence-corrected chi connectivity index (χ2v) is 7.47. The summed E-state index contributed by atoms with van der Waals surface area (Å²) in [5.41, 5.74) is 4.53. The summed E-state index contributed by atoms with van der Waals surface area (Å²) in [7, 11) is 1.66. The molecule has 158 valence electrons. The lowest BCUT2D eigenvalue weighted by atomic mass is 10.0. The molecule has 0 saturated carbocycles. The van der Waals surface area contributed by atoms with Crippen molar-refractivity contribution in [3.8, 4) is 11.4 Å². The van der Waals surface area contributed by atoms with Crippen LogP contribution in [0, 0.1) is 18.2 Å². The number of aryl methyl sites for hydroxylation is 1. The second kappa shape index (κ2) is 9.06. The fourth-order valence-electron chi connectivity index (χ4n) is 3.60. The van der Waals surface area contributed by atoms with Gasteiger partial charge >= 0.3 is 0 Å². The number of halogens is 1. The van der Waals surface area contributed by atoms with E-state index < -0.39 is 0 Å². The van der Waals surface area contributed by atoms with E-state index >= 15 is 0 Å². The van der Waals surface area contributed by atoms with E-state index in [1.54, 1.807) is 25.6 Å². The first-order chi connectivity index (χ1) is 15.0. The standard InChI is InChI=1S/C24H24FN5O/c1-16-14-30(15-28-16)21-10-5-17(13-22(21)31-2)12-19-4-3-11-27-24(19)29-23(26)18-6-8-20(25)9-7-18/h5-10,12-15H,3-4,11H2,1-2H3,(H2,26,27,29)/p+1/b19-12+. The number of benzene rings is 2. The summed E-state index contributed by atoms with van der Waals surface area (Å²) in [6.07, 6.45) is 7.75. The van der Waals surface area contributed by atoms with Gasteiger partial charge in [-0.1, -0.05) is 6.07 Å². The Labute approximate surface area is 180 Å². The maximum atomic E-state index is 13.2. The lowest BCUT2D eigenvalue weighted by molar-refractivity contribution is -0.543. The van der Waals surface area contributed by atoms with Crippen molar-refractivity contribution >= 4 is 17.7 Å². The van der Waals surface area contributed by atoms with Gasteiger partial charge in [-0.3, -0.25) is 10.7 Å². The first-order valence-electron chi connectivity index (χ1n) is 10.2. The molecule has 6 nitrogen and oxygen atoms in total. The highest BCUT2D eigenvalue weighted by atomic mass is 19.1. The lowest BCUT2D eigenvalue weighted by Gasteiger charge is -2.15. The minimum atomic E-state index is -0.322. The molecule has 0 radical (unpaired) electrons. The number of imidazole rings is 1. The molecular weight excluding hydrogens is 393 g/mol. The number of nitrogens with zero attached hydrogens (tertiary/aromatic N) is 3. The fraction of sp³-hybridized carbons (Fsp3) is 0.208. The Hall–Kier alpha value is -3.58. The van der Waals surface area contributed by atoms with Gasteiger partial charge in [0.2, 0.25) is 5.84 Å². The summed E-state index contributed by atoms with van der Waals surface area (Å²) in [5.74, 6) is 1.36. The number of nitrogens with one attached hydrogen (secondary N) is 1. The third kappa shape index (κ3) is 4.78. The van der Waals surface area contributed by atoms with Gasteiger partial charge in [0.05, 0.1) is 31.4 Å². The van der Waals surface area contributed by atoms with Crippen LogP contribution in [0.1, 0.15) is 29.7 Å². The maximum absolute atomic E-state index is 13.2. The summed E-state index contributed by atoms with van der Waals surface area (Å²) < 4.78 is 20.7. The maximum Gasteiger partial charge on any atom is 0.229 e. The topological polar surface area (TPSA) is 79.9 Å². The quantitative estimate of drug-likeness (QED) is 0.502. The van der Waals surface area contributed by atoms with E-state index in [9.17, 15) is 4.39 Å². The van der Waals surface area contributed by atoms with Crippen LogP contribution in [0.2, 0.25) is 0 Å². The van der Waals surface area contributed by atoms with Crippen molar-refractivity contribution in [2.45, 2.75) is 19.8 Å². The Morgan fingerprint density at radius 3 is 2.77 bits per heavy atom. The molecule has 1 fully saturated rings. The van der Waals surface area contributed by atoms with Crippen LogP contribution in [0.15, 0.2) is 65.6 Å². The molecule has 2 heterocycles. The first kappa shape index (κ1) is 20.7. The molecule has 0 aliphatic carbocycles. The minimum absolute atomic E-state index is 0.127. The van der Waals surface area contributed by atoms with Crippen LogP contribution in [-0.2, 0) is 0 Å². The first-order valence-corrected chi connectivity index (χ1v) is 10.2. The zero-order valence-electron chi connectivity index (χ0n) is 17.6. The van der Waals surface area contributed by atoms with E-state index in [0.717, 1.165) is 53.5 Å². The Balaban J connectivity index is 1.64. The molecule has 0 bridgehead atoms. The van der Waals surface area contributed by atoms with Crippen LogP contribution in [0.3, 0.4) is 0 Å². The van der Waals surface area contributed by atoms with Gasteiger partial charge in [0.25, 0.3) is 0 Å². The second-order valence-electron chi connectivity index (χ2n) is 7.47. The molecule has 1 saturated heterocycles. The van der Waals surface area contributed by atoms with Gasteiger partial charge in [0.1, 0.15) is 11.6 Å². The number of piperidine rings is 1. The average Bonchev–Trinajstić information content (AvgIpc) is 3.21. The third-order valence-corrected chi connectivity index (χ3v) is 5.20. The van der Waals surface area contributed by atoms with Crippen molar-refractivity contribution in [1.29, 1.82) is 5.41 Å². The van der Waals surface area contributed by atoms with Crippen LogP contribution in [0.4, 0.5) is 4.39 Å². The molecule has 0 unspecified atom stereocenters. The summed E-state index contributed by atoms with van der Waals surface area (Å²) >= 11 is 0. The van der Waals surface area contributed by atoms with Crippen molar-refractivity contribution in [2.24, 2.45) is 4.99 Å². The van der Waals surface area contributed by atoms with E-state index in [1.165, 1.54) is 12.1 Å². The van der Waals surface area contributed by atoms with Gasteiger partial charge in [0.15, 0.2) is 5.84 Å². The van der Waals surface area contributed by atoms with Gasteiger partial charge in [-0.2, -0.15) is 4.99 Å². The van der Waals surface area contributed by atoms with Gasteiger partial charge in [-0.15, -0.1) is 0 Å². The van der Waals surface area contributed by atoms with Crippen molar-refractivity contribution in [1.82, 2.24) is 9.55 Å². The Morgan fingerprint density at radius 2 is 2.06 bits per heavy atom. The van der Waals surface area contributed by atoms with E-state index in [-0.39, 0.29) is 11.7 Å². The number of hydrogen-bond acceptors (Lipinski definition) is 3. The fourth-order valence-corrected chi connectivity index (χ4v) is 3.60. The van der Waals surface area contributed by atoms with Crippen LogP contribution in [0.5, 0.6) is 5.75 Å². The molecule has 1 aromatic heterocycles. The molecule has 1 aliphatic heterocycles. The van der Waals surface area contributed by atoms with Gasteiger partial charge < -0.3 is 9.30 Å². The number of hydrogen-bond donors (Lipinski definition) is 2. The minimum Gasteiger partial charge on any atom is -0.495 e. The molecule has 2 aromatic carbocycles. The molecule has 1 aliphatic rings. The number of ether oxygens (including phenoxy) is 1. The predicted molar refractivity (Wildman–Crippen MR) is 120 cm³/mol. The normalized spacial score (nSPS) is 16.6. The third-order valence-electron chi connectivity index (χ3n) is 5.20. The Bertz CT molecular complexity index is 1160. The number of amidine groups is 2. The largest absolute Gasteiger partial charge is 0.495 e. The van der Waals surface area contributed by atoms with Gasteiger partial charge in [0, 0.05) is 23.8 Å². The lowest BCUT2D eigenvalue weighted by Crippen LogP contribution is -2.90. The number of quaternary nitrogens is 1. The summed E-state index contributed by atoms with van der Waals surface area (Å²) in [5, 5.41) is 10.4. The molecule has 31 heavy (non-hydrogen) atoms. The highest BCUT2D eigenvalue weighted by Crippen LogP contribution is 2.26. The number of aromatic nitrogens is 2. The van der Waals surface area contributed by atoms with Gasteiger partial charge in [-0.25, -0.2) is 9.37 Å². The number of methoxy groups -OCH3 is 1. The van der Waals surface area contributed by atoms with E-state index in [4.69, 9.17) is 10.1 Å². The van der Waals surface area contributed by atoms with Crippen LogP contribution < -0.4 is 10.1 Å². The summed E-state index contributed by atoms with van der Waals surface area (Å²) in [4.78, 5) is 8.82. The Kier molecular flexibility index (Phi) is 6.04. The number of rotatable bonds is 4. The van der Waals surface area contributed by atoms with E-state index in [1.807, 2.05) is 35.9 Å². The highest BCUT2D eigenvalue weighted by Gasteiger charge is 2.19. The predicted octanol–water partition coefficient (Wildman–Crippen LogP) is 3.49. The van der Waals surface area contributed by atoms with E-state index in [2.05, 4.69) is 21.4 Å². The van der Waals surface area contributed by atoms with Crippen molar-refractivity contribution in [3.05, 3.63) is 83.2 Å². The molecule has 0 amide bonds. The molecule has 0 atom stereocenters. The van der Waals surface area contributed by atoms with Crippen LogP contribution in [0.25, 0.3) is 11.8 Å². The van der Waals surface area contributed by atoms with E-state index in [0.29, 0.717) is 5.56 Å². The molecule has 7 heteroatoms. The molecular formula is C24H25FN5O+. The molecule has 0 spiro atoms. The zero-order valence-corrected chi connectivity index (χ0v) is 17.6. The SMILES string of the molecule is COc1cc(/C=C2\CCC[NH2+]C2=NC(=N)c2ccc(F)cc2)ccc1-n1cnc(C)c1. The summed E-state index contributed by atoms with van der Waals surface area (Å²) in [6.45, 7) is 2.88. The highest BCUT2D eigenvalue weighted by molar-refractivity contribution is 6.08.